The van der Waals surface area contributed by atoms with Crippen LogP contribution in [0.2, 0.25) is 5.02 Å². The summed E-state index contributed by atoms with van der Waals surface area (Å²) in [5.74, 6) is 0.483. The van der Waals surface area contributed by atoms with Gasteiger partial charge in [-0.1, -0.05) is 29.8 Å². The number of ether oxygens (including phenoxy) is 1. The number of rotatable bonds is 3. The summed E-state index contributed by atoms with van der Waals surface area (Å²) < 4.78 is 43.2. The van der Waals surface area contributed by atoms with Gasteiger partial charge in [0, 0.05) is 0 Å². The molecular weight excluding hydrogens is 303 g/mol. The molecule has 0 heterocycles. The van der Waals surface area contributed by atoms with Crippen molar-refractivity contribution in [1.29, 1.82) is 0 Å². The van der Waals surface area contributed by atoms with Crippen molar-refractivity contribution in [1.82, 2.24) is 0 Å². The van der Waals surface area contributed by atoms with Gasteiger partial charge in [-0.25, -0.2) is 0 Å². The third kappa shape index (κ3) is 3.49. The highest BCUT2D eigenvalue weighted by Gasteiger charge is 2.30. The molecule has 0 spiro atoms. The van der Waals surface area contributed by atoms with Crippen LogP contribution in [0.5, 0.6) is 5.75 Å². The van der Waals surface area contributed by atoms with Crippen LogP contribution in [-0.2, 0) is 6.18 Å². The van der Waals surface area contributed by atoms with Crippen LogP contribution in [-0.4, -0.2) is 7.11 Å². The molecule has 2 N–H and O–H groups in total. The lowest BCUT2D eigenvalue weighted by molar-refractivity contribution is -0.137. The van der Waals surface area contributed by atoms with Gasteiger partial charge in [-0.05, 0) is 35.4 Å². The van der Waals surface area contributed by atoms with Gasteiger partial charge in [0.25, 0.3) is 0 Å². The van der Waals surface area contributed by atoms with Crippen LogP contribution in [0.15, 0.2) is 42.5 Å². The second-order valence-electron chi connectivity index (χ2n) is 4.49. The molecule has 2 nitrogen and oxygen atoms in total. The molecule has 0 saturated carbocycles. The summed E-state index contributed by atoms with van der Waals surface area (Å²) in [5.41, 5.74) is 6.27. The quantitative estimate of drug-likeness (QED) is 0.910. The van der Waals surface area contributed by atoms with E-state index in [9.17, 15) is 13.2 Å². The zero-order chi connectivity index (χ0) is 15.6. The monoisotopic (exact) mass is 315 g/mol. The molecule has 6 heteroatoms. The number of hydrogen-bond acceptors (Lipinski definition) is 2. The Morgan fingerprint density at radius 3 is 2.33 bits per heavy atom. The Labute approximate surface area is 125 Å². The minimum atomic E-state index is -4.40. The van der Waals surface area contributed by atoms with E-state index >= 15 is 0 Å². The van der Waals surface area contributed by atoms with Crippen LogP contribution in [0.1, 0.15) is 22.7 Å². The van der Waals surface area contributed by atoms with Crippen LogP contribution >= 0.6 is 11.6 Å². The summed E-state index contributed by atoms with van der Waals surface area (Å²) in [4.78, 5) is 0. The Hall–Kier alpha value is -1.72. The fourth-order valence-corrected chi connectivity index (χ4v) is 2.24. The van der Waals surface area contributed by atoms with Gasteiger partial charge < -0.3 is 10.5 Å². The van der Waals surface area contributed by atoms with E-state index in [1.807, 2.05) is 0 Å². The van der Waals surface area contributed by atoms with Crippen LogP contribution < -0.4 is 10.5 Å². The van der Waals surface area contributed by atoms with E-state index in [4.69, 9.17) is 22.1 Å². The average molecular weight is 316 g/mol. The van der Waals surface area contributed by atoms with Crippen molar-refractivity contribution in [2.24, 2.45) is 5.73 Å². The zero-order valence-electron chi connectivity index (χ0n) is 11.1. The van der Waals surface area contributed by atoms with Gasteiger partial charge in [-0.2, -0.15) is 13.2 Å². The second-order valence-corrected chi connectivity index (χ2v) is 4.90. The van der Waals surface area contributed by atoms with E-state index < -0.39 is 17.8 Å². The number of methoxy groups -OCH3 is 1. The molecule has 0 aliphatic rings. The van der Waals surface area contributed by atoms with Crippen molar-refractivity contribution >= 4 is 11.6 Å². The molecule has 0 fully saturated rings. The van der Waals surface area contributed by atoms with E-state index in [0.717, 1.165) is 12.1 Å². The highest BCUT2D eigenvalue weighted by atomic mass is 35.5. The van der Waals surface area contributed by atoms with Crippen molar-refractivity contribution in [3.05, 3.63) is 64.2 Å². The molecule has 0 aromatic heterocycles. The molecule has 0 saturated heterocycles. The molecule has 2 aromatic rings. The van der Waals surface area contributed by atoms with Crippen molar-refractivity contribution < 1.29 is 17.9 Å². The molecular formula is C15H13ClF3NO. The Morgan fingerprint density at radius 2 is 1.76 bits per heavy atom. The van der Waals surface area contributed by atoms with Crippen LogP contribution in [0.25, 0.3) is 0 Å². The number of halogens is 4. The van der Waals surface area contributed by atoms with Gasteiger partial charge in [-0.15, -0.1) is 0 Å². The fourth-order valence-electron chi connectivity index (χ4n) is 1.98. The first-order chi connectivity index (χ1) is 9.82. The first-order valence-electron chi connectivity index (χ1n) is 6.09. The first-order valence-corrected chi connectivity index (χ1v) is 6.47. The molecule has 112 valence electrons. The summed E-state index contributed by atoms with van der Waals surface area (Å²) in [6, 6.07) is 9.14. The normalized spacial score (nSPS) is 13.0. The van der Waals surface area contributed by atoms with E-state index in [1.54, 1.807) is 24.3 Å². The standard InChI is InChI=1S/C15H13ClF3NO/c1-21-13-6-5-10(8-12(13)16)14(20)9-3-2-4-11(7-9)15(17,18)19/h2-8,14H,20H2,1H3. The van der Waals surface area contributed by atoms with Gasteiger partial charge in [0.05, 0.1) is 23.7 Å². The van der Waals surface area contributed by atoms with E-state index in [2.05, 4.69) is 0 Å². The van der Waals surface area contributed by atoms with E-state index in [0.29, 0.717) is 21.9 Å². The lowest BCUT2D eigenvalue weighted by Crippen LogP contribution is -2.13. The van der Waals surface area contributed by atoms with Crippen LogP contribution in [0.4, 0.5) is 13.2 Å². The number of hydrogen-bond donors (Lipinski definition) is 1. The van der Waals surface area contributed by atoms with Gasteiger partial charge in [-0.3, -0.25) is 0 Å². The summed E-state index contributed by atoms with van der Waals surface area (Å²) in [5, 5.41) is 0.359. The predicted molar refractivity (Wildman–Crippen MR) is 75.5 cm³/mol. The number of nitrogens with two attached hydrogens (primary N) is 1. The van der Waals surface area contributed by atoms with Gasteiger partial charge in [0.2, 0.25) is 0 Å². The molecule has 0 radical (unpaired) electrons. The summed E-state index contributed by atoms with van der Waals surface area (Å²) in [6.07, 6.45) is -4.40. The Balaban J connectivity index is 2.36. The molecule has 1 atom stereocenters. The first kappa shape index (κ1) is 15.7. The summed E-state index contributed by atoms with van der Waals surface area (Å²) in [7, 11) is 1.48. The Kier molecular flexibility index (Phi) is 4.44. The third-order valence-corrected chi connectivity index (χ3v) is 3.40. The maximum Gasteiger partial charge on any atom is 0.416 e. The molecule has 0 aliphatic carbocycles. The second kappa shape index (κ2) is 5.95. The lowest BCUT2D eigenvalue weighted by Gasteiger charge is -2.16. The van der Waals surface area contributed by atoms with Crippen LogP contribution in [0.3, 0.4) is 0 Å². The molecule has 21 heavy (non-hydrogen) atoms. The van der Waals surface area contributed by atoms with E-state index in [-0.39, 0.29) is 0 Å². The lowest BCUT2D eigenvalue weighted by atomic mass is 9.98. The highest BCUT2D eigenvalue weighted by Crippen LogP contribution is 2.33. The SMILES string of the molecule is COc1ccc(C(N)c2cccc(C(F)(F)F)c2)cc1Cl. The highest BCUT2D eigenvalue weighted by molar-refractivity contribution is 6.32. The van der Waals surface area contributed by atoms with Gasteiger partial charge in [0.15, 0.2) is 0 Å². The number of benzene rings is 2. The molecule has 1 unspecified atom stereocenters. The van der Waals surface area contributed by atoms with Crippen molar-refractivity contribution in [3.8, 4) is 5.75 Å². The van der Waals surface area contributed by atoms with Crippen LogP contribution in [0, 0.1) is 0 Å². The predicted octanol–water partition coefficient (Wildman–Crippen LogP) is 4.42. The van der Waals surface area contributed by atoms with Crippen molar-refractivity contribution in [3.63, 3.8) is 0 Å². The molecule has 0 amide bonds. The third-order valence-electron chi connectivity index (χ3n) is 3.11. The van der Waals surface area contributed by atoms with Crippen molar-refractivity contribution in [2.45, 2.75) is 12.2 Å². The maximum absolute atomic E-state index is 12.7. The molecule has 2 aromatic carbocycles. The van der Waals surface area contributed by atoms with Gasteiger partial charge in [0.1, 0.15) is 5.75 Å². The van der Waals surface area contributed by atoms with Gasteiger partial charge >= 0.3 is 6.18 Å². The Morgan fingerprint density at radius 1 is 1.10 bits per heavy atom. The molecule has 0 bridgehead atoms. The minimum Gasteiger partial charge on any atom is -0.495 e. The molecule has 0 aliphatic heterocycles. The zero-order valence-corrected chi connectivity index (χ0v) is 11.9. The van der Waals surface area contributed by atoms with Crippen molar-refractivity contribution in [2.75, 3.05) is 7.11 Å². The smallest absolute Gasteiger partial charge is 0.416 e. The Bertz CT molecular complexity index is 643. The fraction of sp³-hybridized carbons (Fsp3) is 0.200. The molecule has 2 rings (SSSR count). The minimum absolute atomic E-state index is 0.359. The number of alkyl halides is 3. The van der Waals surface area contributed by atoms with E-state index in [1.165, 1.54) is 13.2 Å². The largest absolute Gasteiger partial charge is 0.495 e. The summed E-state index contributed by atoms with van der Waals surface area (Å²) in [6.45, 7) is 0. The topological polar surface area (TPSA) is 35.2 Å². The maximum atomic E-state index is 12.7. The summed E-state index contributed by atoms with van der Waals surface area (Å²) >= 11 is 6.00. The average Bonchev–Trinajstić information content (AvgIpc) is 2.45.